The minimum Gasteiger partial charge on any atom is -0.492 e. The van der Waals surface area contributed by atoms with Gasteiger partial charge in [0, 0.05) is 49.6 Å². The molecule has 1 aromatic carbocycles. The zero-order valence-electron chi connectivity index (χ0n) is 21.0. The fraction of sp³-hybridized carbons (Fsp3) is 0.222. The maximum atomic E-state index is 12.8. The van der Waals surface area contributed by atoms with Gasteiger partial charge in [-0.3, -0.25) is 4.79 Å². The summed E-state index contributed by atoms with van der Waals surface area (Å²) in [6, 6.07) is 12.9. The van der Waals surface area contributed by atoms with Gasteiger partial charge < -0.3 is 31.7 Å². The first-order valence-electron chi connectivity index (χ1n) is 12.3. The van der Waals surface area contributed by atoms with Crippen molar-refractivity contribution >= 4 is 29.2 Å². The average Bonchev–Trinajstić information content (AvgIpc) is 3.43. The lowest BCUT2D eigenvalue weighted by atomic mass is 10.1. The molecule has 1 amide bonds. The zero-order chi connectivity index (χ0) is 26.3. The van der Waals surface area contributed by atoms with Crippen molar-refractivity contribution in [2.45, 2.75) is 13.0 Å². The topological polar surface area (TPSA) is 152 Å². The van der Waals surface area contributed by atoms with Gasteiger partial charge in [-0.2, -0.15) is 0 Å². The molecular formula is C27H29N9O2. The fourth-order valence-electron chi connectivity index (χ4n) is 4.15. The fourth-order valence-corrected chi connectivity index (χ4v) is 4.15. The van der Waals surface area contributed by atoms with Gasteiger partial charge in [-0.15, -0.1) is 0 Å². The first-order chi connectivity index (χ1) is 18.6. The third-order valence-electron chi connectivity index (χ3n) is 6.03. The van der Waals surface area contributed by atoms with Crippen LogP contribution in [0.3, 0.4) is 0 Å². The molecule has 0 saturated carbocycles. The third-order valence-corrected chi connectivity index (χ3v) is 6.03. The number of nitrogens with zero attached hydrogens (tertiary/aromatic N) is 4. The number of nitrogens with two attached hydrogens (primary N) is 1. The third kappa shape index (κ3) is 5.79. The highest BCUT2D eigenvalue weighted by Crippen LogP contribution is 2.39. The molecule has 11 heteroatoms. The molecule has 194 valence electrons. The highest BCUT2D eigenvalue weighted by atomic mass is 16.5. The van der Waals surface area contributed by atoms with Crippen molar-refractivity contribution < 1.29 is 9.53 Å². The number of carbonyl (C=O) groups excluding carboxylic acids is 1. The van der Waals surface area contributed by atoms with E-state index in [4.69, 9.17) is 10.5 Å². The van der Waals surface area contributed by atoms with Gasteiger partial charge in [-0.25, -0.2) is 19.9 Å². The van der Waals surface area contributed by atoms with E-state index in [0.717, 1.165) is 53.5 Å². The van der Waals surface area contributed by atoms with E-state index in [1.165, 1.54) is 0 Å². The predicted octanol–water partition coefficient (Wildman–Crippen LogP) is 2.95. The van der Waals surface area contributed by atoms with E-state index in [2.05, 4.69) is 41.2 Å². The summed E-state index contributed by atoms with van der Waals surface area (Å²) in [6.45, 7) is 2.70. The van der Waals surface area contributed by atoms with Crippen LogP contribution in [0.5, 0.6) is 5.75 Å². The lowest BCUT2D eigenvalue weighted by Crippen LogP contribution is -2.18. The first kappa shape index (κ1) is 24.9. The summed E-state index contributed by atoms with van der Waals surface area (Å²) in [7, 11) is 1.90. The van der Waals surface area contributed by atoms with Gasteiger partial charge >= 0.3 is 0 Å². The number of amides is 1. The number of likely N-dealkylation sites (N-methyl/N-ethyl adjacent to an activating group) is 1. The first-order valence-corrected chi connectivity index (χ1v) is 12.3. The van der Waals surface area contributed by atoms with E-state index < -0.39 is 0 Å². The molecule has 0 fully saturated rings. The average molecular weight is 512 g/mol. The number of nitrogens with one attached hydrogen (secondary N) is 4. The van der Waals surface area contributed by atoms with Crippen molar-refractivity contribution in [2.24, 2.45) is 0 Å². The molecule has 0 bridgehead atoms. The van der Waals surface area contributed by atoms with Gasteiger partial charge in [0.2, 0.25) is 5.95 Å². The van der Waals surface area contributed by atoms with Crippen molar-refractivity contribution in [3.63, 3.8) is 0 Å². The van der Waals surface area contributed by atoms with Gasteiger partial charge in [-0.05, 0) is 42.9 Å². The molecule has 5 rings (SSSR count). The van der Waals surface area contributed by atoms with E-state index in [1.54, 1.807) is 36.8 Å². The van der Waals surface area contributed by atoms with E-state index in [9.17, 15) is 4.79 Å². The number of carbonyl (C=O) groups is 1. The van der Waals surface area contributed by atoms with Gasteiger partial charge in [0.05, 0.1) is 29.7 Å². The minimum absolute atomic E-state index is 0.199. The summed E-state index contributed by atoms with van der Waals surface area (Å²) in [5.41, 5.74) is 10.6. The predicted molar refractivity (Wildman–Crippen MR) is 147 cm³/mol. The molecule has 1 aliphatic heterocycles. The Balaban J connectivity index is 1.24. The van der Waals surface area contributed by atoms with Gasteiger partial charge in [0.1, 0.15) is 17.4 Å². The summed E-state index contributed by atoms with van der Waals surface area (Å²) in [5.74, 6) is 1.96. The summed E-state index contributed by atoms with van der Waals surface area (Å²) < 4.78 is 5.91. The van der Waals surface area contributed by atoms with Crippen LogP contribution < -0.4 is 31.7 Å². The second-order valence-corrected chi connectivity index (χ2v) is 8.70. The lowest BCUT2D eigenvalue weighted by molar-refractivity contribution is 0.102. The van der Waals surface area contributed by atoms with E-state index >= 15 is 0 Å². The van der Waals surface area contributed by atoms with Crippen LogP contribution in [0.2, 0.25) is 0 Å². The molecule has 0 radical (unpaired) electrons. The molecule has 1 aliphatic rings. The standard InChI is InChI=1S/C27H29N9O2/c1-29-10-11-30-19-5-6-23(32-15-19)36-26(37)18-4-2-3-17(13-18)14-33-25-20-8-12-38-24(20)21(16-34-25)22-7-9-31-27(28)35-22/h2-7,9,13,15-16,29-30H,8,10-12,14H2,1H3,(H,33,34)(H2,28,31,35)(H,32,36,37). The monoisotopic (exact) mass is 511 g/mol. The van der Waals surface area contributed by atoms with Gasteiger partial charge in [0.15, 0.2) is 0 Å². The van der Waals surface area contributed by atoms with Crippen molar-refractivity contribution in [1.29, 1.82) is 0 Å². The number of fused-ring (bicyclic) bond motifs is 1. The number of ether oxygens (including phenoxy) is 1. The second kappa shape index (κ2) is 11.5. The molecule has 4 aromatic rings. The lowest BCUT2D eigenvalue weighted by Gasteiger charge is -2.13. The Labute approximate surface area is 220 Å². The Bertz CT molecular complexity index is 1430. The summed E-state index contributed by atoms with van der Waals surface area (Å²) >= 11 is 0. The number of pyridine rings is 2. The summed E-state index contributed by atoms with van der Waals surface area (Å²) in [4.78, 5) is 30.0. The highest BCUT2D eigenvalue weighted by Gasteiger charge is 2.23. The molecule has 0 aliphatic carbocycles. The molecular weight excluding hydrogens is 482 g/mol. The molecule has 0 atom stereocenters. The largest absolute Gasteiger partial charge is 0.492 e. The van der Waals surface area contributed by atoms with Crippen LogP contribution in [-0.2, 0) is 13.0 Å². The van der Waals surface area contributed by atoms with Crippen molar-refractivity contribution in [3.8, 4) is 17.0 Å². The molecule has 3 aromatic heterocycles. The molecule has 38 heavy (non-hydrogen) atoms. The quantitative estimate of drug-likeness (QED) is 0.201. The SMILES string of the molecule is CNCCNc1ccc(NC(=O)c2cccc(CNc3ncc(-c4ccnc(N)n4)c4c3CCO4)c2)nc1. The molecule has 0 unspecified atom stereocenters. The number of rotatable bonds is 10. The number of nitrogen functional groups attached to an aromatic ring is 1. The number of hydrogen-bond donors (Lipinski definition) is 5. The van der Waals surface area contributed by atoms with Crippen LogP contribution in [0.25, 0.3) is 11.3 Å². The van der Waals surface area contributed by atoms with Crippen LogP contribution >= 0.6 is 0 Å². The van der Waals surface area contributed by atoms with Crippen LogP contribution in [0, 0.1) is 0 Å². The Morgan fingerprint density at radius 3 is 2.79 bits per heavy atom. The number of hydrogen-bond acceptors (Lipinski definition) is 10. The number of aromatic nitrogens is 4. The highest BCUT2D eigenvalue weighted by molar-refractivity contribution is 6.03. The second-order valence-electron chi connectivity index (χ2n) is 8.70. The number of anilines is 4. The van der Waals surface area contributed by atoms with Gasteiger partial charge in [-0.1, -0.05) is 12.1 Å². The summed E-state index contributed by atoms with van der Waals surface area (Å²) in [5, 5.41) is 12.6. The van der Waals surface area contributed by atoms with E-state index in [0.29, 0.717) is 30.2 Å². The molecule has 11 nitrogen and oxygen atoms in total. The Morgan fingerprint density at radius 2 is 1.97 bits per heavy atom. The van der Waals surface area contributed by atoms with Crippen molar-refractivity contribution in [1.82, 2.24) is 25.3 Å². The Hall–Kier alpha value is -4.77. The maximum absolute atomic E-state index is 12.8. The normalized spacial score (nSPS) is 11.9. The minimum atomic E-state index is -0.226. The maximum Gasteiger partial charge on any atom is 0.256 e. The van der Waals surface area contributed by atoms with Crippen molar-refractivity contribution in [3.05, 3.63) is 77.7 Å². The van der Waals surface area contributed by atoms with Crippen LogP contribution in [0.15, 0.2) is 61.1 Å². The van der Waals surface area contributed by atoms with Gasteiger partial charge in [0.25, 0.3) is 5.91 Å². The van der Waals surface area contributed by atoms with E-state index in [1.807, 2.05) is 31.3 Å². The molecule has 4 heterocycles. The van der Waals surface area contributed by atoms with Crippen molar-refractivity contribution in [2.75, 3.05) is 48.4 Å². The molecule has 0 spiro atoms. The Kier molecular flexibility index (Phi) is 7.55. The number of benzene rings is 1. The summed E-state index contributed by atoms with van der Waals surface area (Å²) in [6.07, 6.45) is 5.78. The smallest absolute Gasteiger partial charge is 0.256 e. The zero-order valence-corrected chi connectivity index (χ0v) is 21.0. The van der Waals surface area contributed by atoms with E-state index in [-0.39, 0.29) is 11.9 Å². The van der Waals surface area contributed by atoms with Crippen LogP contribution in [-0.4, -0.2) is 52.6 Å². The Morgan fingerprint density at radius 1 is 1.05 bits per heavy atom. The molecule has 6 N–H and O–H groups in total. The van der Waals surface area contributed by atoms with Crippen LogP contribution in [0.4, 0.5) is 23.3 Å². The molecule has 0 saturated heterocycles. The van der Waals surface area contributed by atoms with Crippen LogP contribution in [0.1, 0.15) is 21.5 Å².